The van der Waals surface area contributed by atoms with Gasteiger partial charge in [-0.2, -0.15) is 0 Å². The van der Waals surface area contributed by atoms with Gasteiger partial charge in [0, 0.05) is 24.1 Å². The molecule has 1 aromatic carbocycles. The predicted molar refractivity (Wildman–Crippen MR) is 65.8 cm³/mol. The van der Waals surface area contributed by atoms with Crippen LogP contribution in [-0.4, -0.2) is 23.3 Å². The summed E-state index contributed by atoms with van der Waals surface area (Å²) in [6.45, 7) is 0.429. The number of rotatable bonds is 5. The molecule has 0 heterocycles. The fourth-order valence-corrected chi connectivity index (χ4v) is 1.48. The Morgan fingerprint density at radius 2 is 2.18 bits per heavy atom. The van der Waals surface area contributed by atoms with E-state index < -0.39 is 4.92 Å². The molecule has 0 aliphatic rings. The first-order chi connectivity index (χ1) is 8.06. The van der Waals surface area contributed by atoms with Crippen molar-refractivity contribution in [2.45, 2.75) is 6.42 Å². The topological polar surface area (TPSA) is 72.2 Å². The first kappa shape index (κ1) is 13.7. The molecule has 0 bridgehead atoms. The van der Waals surface area contributed by atoms with Gasteiger partial charge in [-0.3, -0.25) is 14.9 Å². The maximum absolute atomic E-state index is 11.6. The van der Waals surface area contributed by atoms with Gasteiger partial charge in [-0.15, -0.1) is 11.6 Å². The van der Waals surface area contributed by atoms with Crippen LogP contribution in [0.2, 0.25) is 5.02 Å². The average molecular weight is 277 g/mol. The number of nitrogens with one attached hydrogen (secondary N) is 1. The van der Waals surface area contributed by atoms with Gasteiger partial charge in [-0.25, -0.2) is 0 Å². The number of nitro groups is 1. The maximum Gasteiger partial charge on any atom is 0.288 e. The molecule has 0 saturated carbocycles. The lowest BCUT2D eigenvalue weighted by Crippen LogP contribution is -2.24. The Hall–Kier alpha value is -1.33. The van der Waals surface area contributed by atoms with E-state index in [1.807, 2.05) is 0 Å². The highest BCUT2D eigenvalue weighted by Gasteiger charge is 2.15. The van der Waals surface area contributed by atoms with E-state index >= 15 is 0 Å². The lowest BCUT2D eigenvalue weighted by Gasteiger charge is -2.04. The second kappa shape index (κ2) is 6.42. The SMILES string of the molecule is O=C(NCCCCl)c1ccc(Cl)c([N+](=O)[O-])c1. The van der Waals surface area contributed by atoms with Crippen molar-refractivity contribution in [3.63, 3.8) is 0 Å². The molecule has 1 N–H and O–H groups in total. The number of halogens is 2. The highest BCUT2D eigenvalue weighted by atomic mass is 35.5. The highest BCUT2D eigenvalue weighted by Crippen LogP contribution is 2.24. The number of nitro benzene ring substituents is 1. The quantitative estimate of drug-likeness (QED) is 0.389. The Morgan fingerprint density at radius 3 is 2.76 bits per heavy atom. The van der Waals surface area contributed by atoms with Crippen molar-refractivity contribution in [3.05, 3.63) is 38.9 Å². The van der Waals surface area contributed by atoms with Gasteiger partial charge in [0.25, 0.3) is 11.6 Å². The minimum Gasteiger partial charge on any atom is -0.352 e. The van der Waals surface area contributed by atoms with Crippen molar-refractivity contribution in [3.8, 4) is 0 Å². The van der Waals surface area contributed by atoms with Crippen LogP contribution in [0, 0.1) is 10.1 Å². The molecule has 17 heavy (non-hydrogen) atoms. The van der Waals surface area contributed by atoms with E-state index in [1.165, 1.54) is 12.1 Å². The van der Waals surface area contributed by atoms with Crippen molar-refractivity contribution < 1.29 is 9.72 Å². The lowest BCUT2D eigenvalue weighted by molar-refractivity contribution is -0.384. The number of hydrogen-bond acceptors (Lipinski definition) is 3. The van der Waals surface area contributed by atoms with E-state index in [0.717, 1.165) is 6.07 Å². The summed E-state index contributed by atoms with van der Waals surface area (Å²) in [7, 11) is 0. The standard InChI is InChI=1S/C10H10Cl2N2O3/c11-4-1-5-13-10(15)7-2-3-8(12)9(6-7)14(16)17/h2-3,6H,1,4-5H2,(H,13,15). The predicted octanol–water partition coefficient (Wildman–Crippen LogP) is 2.61. The van der Waals surface area contributed by atoms with Gasteiger partial charge >= 0.3 is 0 Å². The molecule has 1 rings (SSSR count). The van der Waals surface area contributed by atoms with Crippen LogP contribution in [0.3, 0.4) is 0 Å². The van der Waals surface area contributed by atoms with Gasteiger partial charge < -0.3 is 5.32 Å². The Bertz CT molecular complexity index is 438. The molecule has 0 fully saturated rings. The molecule has 5 nitrogen and oxygen atoms in total. The molecule has 0 aliphatic heterocycles. The van der Waals surface area contributed by atoms with Gasteiger partial charge in [0.1, 0.15) is 5.02 Å². The van der Waals surface area contributed by atoms with Crippen molar-refractivity contribution in [2.75, 3.05) is 12.4 Å². The number of carbonyl (C=O) groups is 1. The smallest absolute Gasteiger partial charge is 0.288 e. The average Bonchev–Trinajstić information content (AvgIpc) is 2.29. The highest BCUT2D eigenvalue weighted by molar-refractivity contribution is 6.32. The number of nitrogens with zero attached hydrogens (tertiary/aromatic N) is 1. The minimum atomic E-state index is -0.627. The molecule has 1 amide bonds. The van der Waals surface area contributed by atoms with Crippen molar-refractivity contribution in [1.82, 2.24) is 5.32 Å². The molecule has 7 heteroatoms. The number of alkyl halides is 1. The molecule has 1 aromatic rings. The lowest BCUT2D eigenvalue weighted by atomic mass is 10.2. The molecular weight excluding hydrogens is 267 g/mol. The van der Waals surface area contributed by atoms with Gasteiger partial charge in [-0.05, 0) is 18.6 Å². The fraction of sp³-hybridized carbons (Fsp3) is 0.300. The van der Waals surface area contributed by atoms with Crippen LogP contribution >= 0.6 is 23.2 Å². The third-order valence-corrected chi connectivity index (χ3v) is 2.59. The van der Waals surface area contributed by atoms with Gasteiger partial charge in [0.15, 0.2) is 0 Å². The molecule has 0 spiro atoms. The fourth-order valence-electron chi connectivity index (χ4n) is 1.16. The molecule has 0 unspecified atom stereocenters. The van der Waals surface area contributed by atoms with Gasteiger partial charge in [0.05, 0.1) is 4.92 Å². The summed E-state index contributed by atoms with van der Waals surface area (Å²) in [5, 5.41) is 13.2. The number of benzene rings is 1. The van der Waals surface area contributed by atoms with E-state index in [-0.39, 0.29) is 22.2 Å². The molecule has 0 aromatic heterocycles. The van der Waals surface area contributed by atoms with Crippen molar-refractivity contribution >= 4 is 34.8 Å². The van der Waals surface area contributed by atoms with E-state index in [2.05, 4.69) is 5.32 Å². The number of amides is 1. The van der Waals surface area contributed by atoms with E-state index in [0.29, 0.717) is 18.8 Å². The van der Waals surface area contributed by atoms with Crippen molar-refractivity contribution in [2.24, 2.45) is 0 Å². The minimum absolute atomic E-state index is 0.00677. The zero-order chi connectivity index (χ0) is 12.8. The van der Waals surface area contributed by atoms with Gasteiger partial charge in [0.2, 0.25) is 0 Å². The Morgan fingerprint density at radius 1 is 1.47 bits per heavy atom. The van der Waals surface area contributed by atoms with Crippen LogP contribution in [0.5, 0.6) is 0 Å². The summed E-state index contributed by atoms with van der Waals surface area (Å²) in [6, 6.07) is 3.92. The third-order valence-electron chi connectivity index (χ3n) is 2.00. The summed E-state index contributed by atoms with van der Waals surface area (Å²) in [5.74, 6) is 0.0657. The monoisotopic (exact) mass is 276 g/mol. The van der Waals surface area contributed by atoms with Crippen LogP contribution < -0.4 is 5.32 Å². The van der Waals surface area contributed by atoms with Gasteiger partial charge in [-0.1, -0.05) is 11.6 Å². The molecule has 92 valence electrons. The Labute approximate surface area is 108 Å². The van der Waals surface area contributed by atoms with Crippen LogP contribution in [0.4, 0.5) is 5.69 Å². The van der Waals surface area contributed by atoms with Crippen LogP contribution in [-0.2, 0) is 0 Å². The third kappa shape index (κ3) is 3.87. The Balaban J connectivity index is 2.81. The summed E-state index contributed by atoms with van der Waals surface area (Å²) >= 11 is 11.1. The van der Waals surface area contributed by atoms with E-state index in [4.69, 9.17) is 23.2 Å². The molecule has 0 atom stereocenters. The maximum atomic E-state index is 11.6. The molecular formula is C10H10Cl2N2O3. The largest absolute Gasteiger partial charge is 0.352 e. The zero-order valence-electron chi connectivity index (χ0n) is 8.78. The van der Waals surface area contributed by atoms with E-state index in [9.17, 15) is 14.9 Å². The Kier molecular flexibility index (Phi) is 5.18. The second-order valence-corrected chi connectivity index (χ2v) is 4.01. The van der Waals surface area contributed by atoms with Crippen LogP contribution in [0.25, 0.3) is 0 Å². The first-order valence-corrected chi connectivity index (χ1v) is 5.75. The molecule has 0 radical (unpaired) electrons. The second-order valence-electron chi connectivity index (χ2n) is 3.22. The van der Waals surface area contributed by atoms with E-state index in [1.54, 1.807) is 0 Å². The van der Waals surface area contributed by atoms with Crippen molar-refractivity contribution in [1.29, 1.82) is 0 Å². The number of carbonyl (C=O) groups excluding carboxylic acids is 1. The summed E-state index contributed by atoms with van der Waals surface area (Å²) in [6.07, 6.45) is 0.642. The summed E-state index contributed by atoms with van der Waals surface area (Å²) in [4.78, 5) is 21.6. The normalized spacial score (nSPS) is 10.0. The zero-order valence-corrected chi connectivity index (χ0v) is 10.3. The molecule has 0 aliphatic carbocycles. The molecule has 0 saturated heterocycles. The number of hydrogen-bond donors (Lipinski definition) is 1. The summed E-state index contributed by atoms with van der Waals surface area (Å²) in [5.41, 5.74) is -0.0765. The van der Waals surface area contributed by atoms with Crippen LogP contribution in [0.1, 0.15) is 16.8 Å². The first-order valence-electron chi connectivity index (χ1n) is 4.84. The summed E-state index contributed by atoms with van der Waals surface area (Å²) < 4.78 is 0. The van der Waals surface area contributed by atoms with Crippen LogP contribution in [0.15, 0.2) is 18.2 Å².